The Balaban J connectivity index is 2.06. The van der Waals surface area contributed by atoms with Gasteiger partial charge in [0.15, 0.2) is 11.5 Å². The van der Waals surface area contributed by atoms with Gasteiger partial charge < -0.3 is 5.11 Å². The van der Waals surface area contributed by atoms with Gasteiger partial charge in [-0.15, -0.1) is 5.10 Å². The van der Waals surface area contributed by atoms with E-state index in [1.807, 2.05) is 0 Å². The van der Waals surface area contributed by atoms with Crippen molar-refractivity contribution in [1.82, 2.24) is 14.6 Å². The second-order valence-corrected chi connectivity index (χ2v) is 4.40. The molecular formula is C13H8ClN3O2. The topological polar surface area (TPSA) is 67.5 Å². The molecule has 1 N–H and O–H groups in total. The number of fused-ring (bicyclic) bond motifs is 1. The van der Waals surface area contributed by atoms with E-state index in [0.29, 0.717) is 16.5 Å². The summed E-state index contributed by atoms with van der Waals surface area (Å²) in [4.78, 5) is 15.1. The molecule has 0 saturated heterocycles. The first-order valence-corrected chi connectivity index (χ1v) is 5.87. The van der Waals surface area contributed by atoms with E-state index in [9.17, 15) is 4.79 Å². The maximum Gasteiger partial charge on any atom is 0.335 e. The monoisotopic (exact) mass is 273 g/mol. The molecule has 0 aliphatic carbocycles. The fourth-order valence-corrected chi connectivity index (χ4v) is 1.89. The van der Waals surface area contributed by atoms with Crippen molar-refractivity contribution in [3.8, 4) is 11.4 Å². The van der Waals surface area contributed by atoms with Crippen LogP contribution < -0.4 is 0 Å². The van der Waals surface area contributed by atoms with Crippen LogP contribution in [0.25, 0.3) is 17.0 Å². The van der Waals surface area contributed by atoms with Crippen molar-refractivity contribution in [2.24, 2.45) is 0 Å². The van der Waals surface area contributed by atoms with Crippen LogP contribution in [0.3, 0.4) is 0 Å². The lowest BCUT2D eigenvalue weighted by molar-refractivity contribution is 0.0697. The van der Waals surface area contributed by atoms with Crippen LogP contribution in [0.4, 0.5) is 0 Å². The first kappa shape index (κ1) is 11.7. The van der Waals surface area contributed by atoms with Crippen molar-refractivity contribution < 1.29 is 9.90 Å². The van der Waals surface area contributed by atoms with Crippen LogP contribution in [0, 0.1) is 0 Å². The summed E-state index contributed by atoms with van der Waals surface area (Å²) in [5.74, 6) is -0.430. The van der Waals surface area contributed by atoms with Crippen molar-refractivity contribution in [3.63, 3.8) is 0 Å². The van der Waals surface area contributed by atoms with Crippen LogP contribution in [0.1, 0.15) is 10.4 Å². The molecule has 0 atom stereocenters. The number of carbonyl (C=O) groups is 1. The van der Waals surface area contributed by atoms with Crippen LogP contribution in [0.2, 0.25) is 5.02 Å². The van der Waals surface area contributed by atoms with E-state index in [1.54, 1.807) is 35.0 Å². The molecule has 19 heavy (non-hydrogen) atoms. The van der Waals surface area contributed by atoms with E-state index in [4.69, 9.17) is 16.7 Å². The number of aromatic carboxylic acids is 1. The Kier molecular flexibility index (Phi) is 2.68. The Morgan fingerprint density at radius 1 is 1.21 bits per heavy atom. The maximum absolute atomic E-state index is 10.8. The molecule has 0 fully saturated rings. The maximum atomic E-state index is 10.8. The van der Waals surface area contributed by atoms with E-state index >= 15 is 0 Å². The van der Waals surface area contributed by atoms with Gasteiger partial charge in [-0.2, -0.15) is 0 Å². The van der Waals surface area contributed by atoms with Crippen LogP contribution >= 0.6 is 11.6 Å². The largest absolute Gasteiger partial charge is 0.478 e. The second-order valence-electron chi connectivity index (χ2n) is 3.97. The van der Waals surface area contributed by atoms with Crippen LogP contribution in [-0.2, 0) is 0 Å². The second kappa shape index (κ2) is 4.37. The number of aromatic nitrogens is 3. The van der Waals surface area contributed by atoms with Gasteiger partial charge in [-0.25, -0.2) is 14.3 Å². The van der Waals surface area contributed by atoms with Gasteiger partial charge in [0, 0.05) is 22.8 Å². The average Bonchev–Trinajstić information content (AvgIpc) is 2.81. The van der Waals surface area contributed by atoms with Gasteiger partial charge in [-0.1, -0.05) is 23.7 Å². The van der Waals surface area contributed by atoms with Crippen LogP contribution in [0.5, 0.6) is 0 Å². The third-order valence-corrected chi connectivity index (χ3v) is 2.92. The Bertz CT molecular complexity index is 765. The van der Waals surface area contributed by atoms with Crippen molar-refractivity contribution in [1.29, 1.82) is 0 Å². The van der Waals surface area contributed by atoms with Gasteiger partial charge in [0.2, 0.25) is 0 Å². The minimum Gasteiger partial charge on any atom is -0.478 e. The molecule has 2 aromatic heterocycles. The minimum absolute atomic E-state index is 0.232. The van der Waals surface area contributed by atoms with Gasteiger partial charge in [0.25, 0.3) is 0 Å². The Morgan fingerprint density at radius 3 is 2.63 bits per heavy atom. The highest BCUT2D eigenvalue weighted by Crippen LogP contribution is 2.18. The fourth-order valence-electron chi connectivity index (χ4n) is 1.74. The number of halogens is 1. The lowest BCUT2D eigenvalue weighted by Gasteiger charge is -1.96. The number of hydrogen-bond donors (Lipinski definition) is 1. The summed E-state index contributed by atoms with van der Waals surface area (Å²) in [6, 6.07) is 9.84. The lowest BCUT2D eigenvalue weighted by Crippen LogP contribution is -1.95. The number of carboxylic acid groups (broad SMARTS) is 1. The van der Waals surface area contributed by atoms with Crippen molar-refractivity contribution >= 4 is 23.2 Å². The predicted octanol–water partition coefficient (Wildman–Crippen LogP) is 2.75. The van der Waals surface area contributed by atoms with E-state index in [0.717, 1.165) is 5.56 Å². The summed E-state index contributed by atoms with van der Waals surface area (Å²) in [7, 11) is 0. The zero-order chi connectivity index (χ0) is 13.4. The SMILES string of the molecule is O=C(O)c1ccc(-c2nc3cc(Cl)ccn3n2)cc1. The molecule has 2 heterocycles. The number of hydrogen-bond acceptors (Lipinski definition) is 3. The van der Waals surface area contributed by atoms with Gasteiger partial charge >= 0.3 is 5.97 Å². The summed E-state index contributed by atoms with van der Waals surface area (Å²) in [6.07, 6.45) is 1.72. The molecule has 0 bridgehead atoms. The van der Waals surface area contributed by atoms with Gasteiger partial charge in [-0.05, 0) is 18.2 Å². The Hall–Kier alpha value is -2.40. The summed E-state index contributed by atoms with van der Waals surface area (Å²) in [5.41, 5.74) is 1.63. The summed E-state index contributed by atoms with van der Waals surface area (Å²) < 4.78 is 1.62. The highest BCUT2D eigenvalue weighted by Gasteiger charge is 2.08. The molecule has 0 unspecified atom stereocenters. The highest BCUT2D eigenvalue weighted by atomic mass is 35.5. The Morgan fingerprint density at radius 2 is 1.95 bits per heavy atom. The van der Waals surface area contributed by atoms with E-state index in [2.05, 4.69) is 10.1 Å². The molecule has 6 heteroatoms. The van der Waals surface area contributed by atoms with Crippen LogP contribution in [0.15, 0.2) is 42.6 Å². The summed E-state index contributed by atoms with van der Waals surface area (Å²) in [5, 5.41) is 13.7. The molecule has 0 aliphatic heterocycles. The van der Waals surface area contributed by atoms with Gasteiger partial charge in [-0.3, -0.25) is 0 Å². The molecule has 3 aromatic rings. The summed E-state index contributed by atoms with van der Waals surface area (Å²) >= 11 is 5.88. The molecule has 0 amide bonds. The predicted molar refractivity (Wildman–Crippen MR) is 70.4 cm³/mol. The third-order valence-electron chi connectivity index (χ3n) is 2.69. The van der Waals surface area contributed by atoms with Crippen LogP contribution in [-0.4, -0.2) is 25.7 Å². The average molecular weight is 274 g/mol. The number of carboxylic acids is 1. The van der Waals surface area contributed by atoms with E-state index in [1.165, 1.54) is 12.1 Å². The number of nitrogens with zero attached hydrogens (tertiary/aromatic N) is 3. The van der Waals surface area contributed by atoms with Crippen molar-refractivity contribution in [2.75, 3.05) is 0 Å². The lowest BCUT2D eigenvalue weighted by atomic mass is 10.1. The first-order valence-electron chi connectivity index (χ1n) is 5.49. The zero-order valence-corrected chi connectivity index (χ0v) is 10.4. The minimum atomic E-state index is -0.957. The van der Waals surface area contributed by atoms with Gasteiger partial charge in [0.1, 0.15) is 0 Å². The van der Waals surface area contributed by atoms with Crippen molar-refractivity contribution in [3.05, 3.63) is 53.2 Å². The molecule has 0 aliphatic rings. The molecule has 5 nitrogen and oxygen atoms in total. The molecule has 3 rings (SSSR count). The highest BCUT2D eigenvalue weighted by molar-refractivity contribution is 6.30. The zero-order valence-electron chi connectivity index (χ0n) is 9.62. The third kappa shape index (κ3) is 2.15. The molecule has 94 valence electrons. The normalized spacial score (nSPS) is 10.8. The molecule has 1 aromatic carbocycles. The number of pyridine rings is 1. The summed E-state index contributed by atoms with van der Waals surface area (Å²) in [6.45, 7) is 0. The smallest absolute Gasteiger partial charge is 0.335 e. The molecule has 0 saturated carbocycles. The molecular weight excluding hydrogens is 266 g/mol. The van der Waals surface area contributed by atoms with Crippen molar-refractivity contribution in [2.45, 2.75) is 0 Å². The number of rotatable bonds is 2. The van der Waals surface area contributed by atoms with Gasteiger partial charge in [0.05, 0.1) is 5.56 Å². The number of benzene rings is 1. The van der Waals surface area contributed by atoms with E-state index in [-0.39, 0.29) is 5.56 Å². The molecule has 0 radical (unpaired) electrons. The standard InChI is InChI=1S/C13H8ClN3O2/c14-10-5-6-17-11(7-10)15-12(16-17)8-1-3-9(4-2-8)13(18)19/h1-7H,(H,18,19). The molecule has 0 spiro atoms. The Labute approximate surface area is 113 Å². The fraction of sp³-hybridized carbons (Fsp3) is 0. The first-order chi connectivity index (χ1) is 9.13. The quantitative estimate of drug-likeness (QED) is 0.779. The van der Waals surface area contributed by atoms with E-state index < -0.39 is 5.97 Å².